The number of nitro groups is 1. The molecule has 0 spiro atoms. The molecule has 0 unspecified atom stereocenters. The number of methoxy groups -OCH3 is 1. The molecule has 132 valence electrons. The van der Waals surface area contributed by atoms with E-state index in [0.717, 1.165) is 5.56 Å². The van der Waals surface area contributed by atoms with Crippen molar-refractivity contribution in [1.82, 2.24) is 5.32 Å². The minimum Gasteiger partial charge on any atom is -0.496 e. The molecular weight excluding hydrogens is 346 g/mol. The van der Waals surface area contributed by atoms with Crippen molar-refractivity contribution in [2.45, 2.75) is 13.0 Å². The summed E-state index contributed by atoms with van der Waals surface area (Å²) in [6, 6.07) is 11.5. The summed E-state index contributed by atoms with van der Waals surface area (Å²) >= 11 is 5.95. The highest BCUT2D eigenvalue weighted by molar-refractivity contribution is 6.30. The van der Waals surface area contributed by atoms with Crippen molar-refractivity contribution < 1.29 is 14.5 Å². The molecule has 2 N–H and O–H groups in total. The van der Waals surface area contributed by atoms with Crippen LogP contribution in [0.2, 0.25) is 5.02 Å². The number of rotatable bonds is 7. The molecule has 0 aliphatic rings. The zero-order valence-corrected chi connectivity index (χ0v) is 14.5. The van der Waals surface area contributed by atoms with Gasteiger partial charge in [-0.2, -0.15) is 0 Å². The highest BCUT2D eigenvalue weighted by atomic mass is 35.5. The maximum absolute atomic E-state index is 12.1. The SMILES string of the molecule is COc1ccc(NC(=O)CN[C@@H](C)c2cccc(Cl)c2)c([N+](=O)[O-])c1. The first-order chi connectivity index (χ1) is 11.9. The van der Waals surface area contributed by atoms with E-state index in [9.17, 15) is 14.9 Å². The largest absolute Gasteiger partial charge is 0.496 e. The number of anilines is 1. The van der Waals surface area contributed by atoms with Crippen molar-refractivity contribution in [3.63, 3.8) is 0 Å². The van der Waals surface area contributed by atoms with Gasteiger partial charge in [-0.1, -0.05) is 23.7 Å². The van der Waals surface area contributed by atoms with Crippen molar-refractivity contribution in [3.8, 4) is 5.75 Å². The molecule has 0 radical (unpaired) electrons. The van der Waals surface area contributed by atoms with Crippen LogP contribution >= 0.6 is 11.6 Å². The molecule has 0 fully saturated rings. The molecule has 0 saturated heterocycles. The average Bonchev–Trinajstić information content (AvgIpc) is 2.59. The van der Waals surface area contributed by atoms with Gasteiger partial charge in [0.15, 0.2) is 0 Å². The number of nitrogens with one attached hydrogen (secondary N) is 2. The Morgan fingerprint density at radius 2 is 2.08 bits per heavy atom. The van der Waals surface area contributed by atoms with Crippen LogP contribution in [0.5, 0.6) is 5.75 Å². The van der Waals surface area contributed by atoms with Gasteiger partial charge in [0.25, 0.3) is 5.69 Å². The Kier molecular flexibility index (Phi) is 6.32. The molecule has 8 heteroatoms. The molecule has 2 aromatic carbocycles. The molecule has 25 heavy (non-hydrogen) atoms. The van der Waals surface area contributed by atoms with Gasteiger partial charge in [0.05, 0.1) is 24.6 Å². The van der Waals surface area contributed by atoms with Crippen LogP contribution in [0.4, 0.5) is 11.4 Å². The standard InChI is InChI=1S/C17H18ClN3O4/c1-11(12-4-3-5-13(18)8-12)19-10-17(22)20-15-7-6-14(25-2)9-16(15)21(23)24/h3-9,11,19H,10H2,1-2H3,(H,20,22)/t11-/m0/s1. The van der Waals surface area contributed by atoms with E-state index in [1.165, 1.54) is 19.2 Å². The van der Waals surface area contributed by atoms with Crippen LogP contribution in [0.25, 0.3) is 0 Å². The number of nitrogens with zero attached hydrogens (tertiary/aromatic N) is 1. The molecule has 1 amide bonds. The minimum atomic E-state index is -0.569. The third-order valence-electron chi connectivity index (χ3n) is 3.59. The van der Waals surface area contributed by atoms with Crippen LogP contribution in [0.1, 0.15) is 18.5 Å². The number of carbonyl (C=O) groups excluding carboxylic acids is 1. The van der Waals surface area contributed by atoms with Gasteiger partial charge in [-0.25, -0.2) is 0 Å². The van der Waals surface area contributed by atoms with E-state index in [1.807, 2.05) is 25.1 Å². The van der Waals surface area contributed by atoms with Gasteiger partial charge in [0.2, 0.25) is 5.91 Å². The lowest BCUT2D eigenvalue weighted by atomic mass is 10.1. The highest BCUT2D eigenvalue weighted by Crippen LogP contribution is 2.28. The summed E-state index contributed by atoms with van der Waals surface area (Å²) in [6.45, 7) is 1.89. The molecule has 0 saturated carbocycles. The number of benzene rings is 2. The Labute approximate surface area is 150 Å². The first-order valence-electron chi connectivity index (χ1n) is 7.52. The predicted octanol–water partition coefficient (Wildman–Crippen LogP) is 3.55. The second kappa shape index (κ2) is 8.46. The molecule has 0 bridgehead atoms. The van der Waals surface area contributed by atoms with E-state index in [1.54, 1.807) is 12.1 Å². The van der Waals surface area contributed by atoms with Gasteiger partial charge in [-0.3, -0.25) is 14.9 Å². The number of amides is 1. The fraction of sp³-hybridized carbons (Fsp3) is 0.235. The molecule has 7 nitrogen and oxygen atoms in total. The van der Waals surface area contributed by atoms with E-state index in [-0.39, 0.29) is 29.9 Å². The van der Waals surface area contributed by atoms with Crippen LogP contribution in [0.15, 0.2) is 42.5 Å². The smallest absolute Gasteiger partial charge is 0.296 e. The molecule has 1 atom stereocenters. The number of carbonyl (C=O) groups is 1. The van der Waals surface area contributed by atoms with Gasteiger partial charge in [-0.15, -0.1) is 0 Å². The van der Waals surface area contributed by atoms with Gasteiger partial charge >= 0.3 is 0 Å². The second-order valence-electron chi connectivity index (χ2n) is 5.35. The summed E-state index contributed by atoms with van der Waals surface area (Å²) in [5.74, 6) is -0.0421. The molecule has 0 heterocycles. The van der Waals surface area contributed by atoms with Crippen LogP contribution in [-0.2, 0) is 4.79 Å². The summed E-state index contributed by atoms with van der Waals surface area (Å²) in [5.41, 5.74) is 0.833. The first kappa shape index (κ1) is 18.7. The van der Waals surface area contributed by atoms with Crippen molar-refractivity contribution in [2.24, 2.45) is 0 Å². The Balaban J connectivity index is 1.99. The van der Waals surface area contributed by atoms with Gasteiger partial charge in [-0.05, 0) is 36.8 Å². The Hall–Kier alpha value is -2.64. The maximum atomic E-state index is 12.1. The molecule has 0 aromatic heterocycles. The molecule has 0 aliphatic heterocycles. The number of nitro benzene ring substituents is 1. The second-order valence-corrected chi connectivity index (χ2v) is 5.78. The Morgan fingerprint density at radius 3 is 2.72 bits per heavy atom. The topological polar surface area (TPSA) is 93.5 Å². The fourth-order valence-electron chi connectivity index (χ4n) is 2.23. The zero-order chi connectivity index (χ0) is 18.4. The molecule has 2 aromatic rings. The van der Waals surface area contributed by atoms with Gasteiger partial charge in [0.1, 0.15) is 11.4 Å². The van der Waals surface area contributed by atoms with Crippen LogP contribution in [0.3, 0.4) is 0 Å². The molecule has 0 aliphatic carbocycles. The third-order valence-corrected chi connectivity index (χ3v) is 3.83. The number of halogens is 1. The van der Waals surface area contributed by atoms with Crippen molar-refractivity contribution in [3.05, 3.63) is 63.2 Å². The zero-order valence-electron chi connectivity index (χ0n) is 13.8. The number of ether oxygens (including phenoxy) is 1. The van der Waals surface area contributed by atoms with Crippen molar-refractivity contribution in [1.29, 1.82) is 0 Å². The maximum Gasteiger partial charge on any atom is 0.296 e. The van der Waals surface area contributed by atoms with Crippen LogP contribution in [-0.4, -0.2) is 24.5 Å². The lowest BCUT2D eigenvalue weighted by molar-refractivity contribution is -0.384. The van der Waals surface area contributed by atoms with E-state index in [4.69, 9.17) is 16.3 Å². The van der Waals surface area contributed by atoms with Crippen LogP contribution in [0, 0.1) is 10.1 Å². The van der Waals surface area contributed by atoms with E-state index in [2.05, 4.69) is 10.6 Å². The van der Waals surface area contributed by atoms with Crippen molar-refractivity contribution >= 4 is 28.9 Å². The highest BCUT2D eigenvalue weighted by Gasteiger charge is 2.17. The first-order valence-corrected chi connectivity index (χ1v) is 7.89. The summed E-state index contributed by atoms with van der Waals surface area (Å²) in [4.78, 5) is 22.6. The number of hydrogen-bond donors (Lipinski definition) is 2. The predicted molar refractivity (Wildman–Crippen MR) is 96.1 cm³/mol. The Bertz CT molecular complexity index is 782. The summed E-state index contributed by atoms with van der Waals surface area (Å²) in [6.07, 6.45) is 0. The minimum absolute atomic E-state index is 0.00311. The molecular formula is C17H18ClN3O4. The normalized spacial score (nSPS) is 11.6. The summed E-state index contributed by atoms with van der Waals surface area (Å²) < 4.78 is 4.96. The van der Waals surface area contributed by atoms with Crippen molar-refractivity contribution in [2.75, 3.05) is 19.0 Å². The van der Waals surface area contributed by atoms with Gasteiger partial charge in [0, 0.05) is 11.1 Å². The van der Waals surface area contributed by atoms with E-state index in [0.29, 0.717) is 10.8 Å². The quantitative estimate of drug-likeness (QED) is 0.579. The summed E-state index contributed by atoms with van der Waals surface area (Å²) in [7, 11) is 1.42. The average molecular weight is 364 g/mol. The Morgan fingerprint density at radius 1 is 1.32 bits per heavy atom. The molecule has 2 rings (SSSR count). The lowest BCUT2D eigenvalue weighted by Crippen LogP contribution is -2.30. The lowest BCUT2D eigenvalue weighted by Gasteiger charge is -2.14. The summed E-state index contributed by atoms with van der Waals surface area (Å²) in [5, 5.41) is 17.3. The fourth-order valence-corrected chi connectivity index (χ4v) is 2.43. The van der Waals surface area contributed by atoms with E-state index >= 15 is 0 Å². The van der Waals surface area contributed by atoms with Crippen LogP contribution < -0.4 is 15.4 Å². The third kappa shape index (κ3) is 5.17. The monoisotopic (exact) mass is 363 g/mol. The number of hydrogen-bond acceptors (Lipinski definition) is 5. The van der Waals surface area contributed by atoms with Gasteiger partial charge < -0.3 is 15.4 Å². The van der Waals surface area contributed by atoms with E-state index < -0.39 is 4.92 Å².